The van der Waals surface area contributed by atoms with Crippen LogP contribution in [-0.4, -0.2) is 35.0 Å². The molecule has 0 aromatic carbocycles. The molecule has 0 spiro atoms. The fourth-order valence-electron chi connectivity index (χ4n) is 1.28. The number of hydrogen-bond acceptors (Lipinski definition) is 7. The molecule has 0 fully saturated rings. The van der Waals surface area contributed by atoms with Crippen LogP contribution in [0, 0.1) is 5.92 Å². The van der Waals surface area contributed by atoms with Gasteiger partial charge in [0.25, 0.3) is 0 Å². The summed E-state index contributed by atoms with van der Waals surface area (Å²) in [7, 11) is 1.32. The van der Waals surface area contributed by atoms with Crippen LogP contribution in [0.15, 0.2) is 4.52 Å². The van der Waals surface area contributed by atoms with Crippen molar-refractivity contribution in [2.24, 2.45) is 11.7 Å². The van der Waals surface area contributed by atoms with Crippen molar-refractivity contribution in [2.75, 3.05) is 12.9 Å². The van der Waals surface area contributed by atoms with E-state index < -0.39 is 12.0 Å². The molecule has 0 bridgehead atoms. The summed E-state index contributed by atoms with van der Waals surface area (Å²) in [5, 5.41) is 3.87. The fraction of sp³-hybridized carbons (Fsp3) is 0.727. The summed E-state index contributed by atoms with van der Waals surface area (Å²) in [6.07, 6.45) is 0.777. The predicted molar refractivity (Wildman–Crippen MR) is 69.0 cm³/mol. The maximum Gasteiger partial charge on any atom is 0.323 e. The molecule has 1 unspecified atom stereocenters. The molecular weight excluding hydrogens is 254 g/mol. The van der Waals surface area contributed by atoms with E-state index in [0.717, 1.165) is 6.42 Å². The molecule has 1 rings (SSSR count). The highest BCUT2D eigenvalue weighted by Gasteiger charge is 2.14. The van der Waals surface area contributed by atoms with Gasteiger partial charge in [-0.05, 0) is 5.92 Å². The molecule has 1 atom stereocenters. The molecule has 6 nitrogen and oxygen atoms in total. The van der Waals surface area contributed by atoms with Crippen molar-refractivity contribution in [3.05, 3.63) is 11.7 Å². The van der Waals surface area contributed by atoms with Crippen LogP contribution in [0.5, 0.6) is 0 Å². The minimum Gasteiger partial charge on any atom is -0.468 e. The van der Waals surface area contributed by atoms with Gasteiger partial charge in [-0.15, -0.1) is 0 Å². The summed E-state index contributed by atoms with van der Waals surface area (Å²) in [6, 6.07) is -0.609. The molecule has 1 aromatic heterocycles. The lowest BCUT2D eigenvalue weighted by Gasteiger charge is -2.06. The van der Waals surface area contributed by atoms with Gasteiger partial charge in [-0.2, -0.15) is 16.7 Å². The molecule has 102 valence electrons. The summed E-state index contributed by atoms with van der Waals surface area (Å²) in [5.41, 5.74) is 5.60. The predicted octanol–water partition coefficient (Wildman–Crippen LogP) is 1.00. The van der Waals surface area contributed by atoms with Gasteiger partial charge in [0.15, 0.2) is 5.82 Å². The Morgan fingerprint density at radius 1 is 1.56 bits per heavy atom. The van der Waals surface area contributed by atoms with Gasteiger partial charge >= 0.3 is 5.97 Å². The minimum atomic E-state index is -0.609. The molecule has 0 amide bonds. The number of carbonyl (C=O) groups is 1. The van der Waals surface area contributed by atoms with Gasteiger partial charge < -0.3 is 15.0 Å². The maximum absolute atomic E-state index is 11.1. The lowest BCUT2D eigenvalue weighted by molar-refractivity contribution is -0.141. The molecule has 2 N–H and O–H groups in total. The molecular formula is C11H19N3O3S. The van der Waals surface area contributed by atoms with Crippen LogP contribution >= 0.6 is 11.8 Å². The summed E-state index contributed by atoms with van der Waals surface area (Å²) < 4.78 is 9.64. The Morgan fingerprint density at radius 3 is 2.89 bits per heavy atom. The average molecular weight is 273 g/mol. The molecule has 0 saturated heterocycles. The monoisotopic (exact) mass is 273 g/mol. The van der Waals surface area contributed by atoms with Crippen LogP contribution in [0.4, 0.5) is 0 Å². The Hall–Kier alpha value is -1.08. The normalized spacial score (nSPS) is 12.7. The first kappa shape index (κ1) is 15.0. The number of nitrogens with zero attached hydrogens (tertiary/aromatic N) is 2. The van der Waals surface area contributed by atoms with Gasteiger partial charge in [0.2, 0.25) is 5.89 Å². The van der Waals surface area contributed by atoms with E-state index in [1.165, 1.54) is 18.9 Å². The van der Waals surface area contributed by atoms with Crippen molar-refractivity contribution in [1.82, 2.24) is 10.1 Å². The molecule has 0 radical (unpaired) electrons. The molecule has 18 heavy (non-hydrogen) atoms. The van der Waals surface area contributed by atoms with Gasteiger partial charge in [-0.3, -0.25) is 4.79 Å². The zero-order chi connectivity index (χ0) is 13.5. The number of aromatic nitrogens is 2. The van der Waals surface area contributed by atoms with E-state index in [9.17, 15) is 4.79 Å². The number of rotatable bonds is 7. The second-order valence-corrected chi connectivity index (χ2v) is 5.38. The average Bonchev–Trinajstić information content (AvgIpc) is 2.74. The number of methoxy groups -OCH3 is 1. The van der Waals surface area contributed by atoms with E-state index in [1.54, 1.807) is 0 Å². The Morgan fingerprint density at radius 2 is 2.28 bits per heavy atom. The van der Waals surface area contributed by atoms with Crippen molar-refractivity contribution >= 4 is 17.7 Å². The van der Waals surface area contributed by atoms with Gasteiger partial charge in [-0.25, -0.2) is 0 Å². The highest BCUT2D eigenvalue weighted by Crippen LogP contribution is 2.12. The topological polar surface area (TPSA) is 91.2 Å². The van der Waals surface area contributed by atoms with Gasteiger partial charge in [0.1, 0.15) is 6.04 Å². The zero-order valence-electron chi connectivity index (χ0n) is 10.9. The first-order valence-electron chi connectivity index (χ1n) is 5.75. The second kappa shape index (κ2) is 7.38. The number of nitrogens with two attached hydrogens (primary N) is 1. The molecule has 0 aliphatic heterocycles. The van der Waals surface area contributed by atoms with Crippen LogP contribution in [0.3, 0.4) is 0 Å². The van der Waals surface area contributed by atoms with Crippen LogP contribution < -0.4 is 5.73 Å². The highest BCUT2D eigenvalue weighted by atomic mass is 32.2. The van der Waals surface area contributed by atoms with E-state index in [2.05, 4.69) is 28.7 Å². The lowest BCUT2D eigenvalue weighted by atomic mass is 10.1. The first-order valence-corrected chi connectivity index (χ1v) is 6.91. The Labute approximate surface area is 111 Å². The molecule has 1 aromatic rings. The first-order chi connectivity index (χ1) is 8.52. The van der Waals surface area contributed by atoms with Crippen molar-refractivity contribution < 1.29 is 14.1 Å². The number of hydrogen-bond donors (Lipinski definition) is 1. The smallest absolute Gasteiger partial charge is 0.323 e. The molecule has 0 aliphatic rings. The SMILES string of the molecule is COC(=O)C(N)CSCc1noc(CC(C)C)n1. The standard InChI is InChI=1S/C11H19N3O3S/c1-7(2)4-10-13-9(14-17-10)6-18-5-8(12)11(15)16-3/h7-8H,4-6,12H2,1-3H3. The van der Waals surface area contributed by atoms with Crippen LogP contribution in [0.25, 0.3) is 0 Å². The molecule has 7 heteroatoms. The van der Waals surface area contributed by atoms with E-state index in [4.69, 9.17) is 10.3 Å². The quantitative estimate of drug-likeness (QED) is 0.741. The van der Waals surface area contributed by atoms with Gasteiger partial charge in [0.05, 0.1) is 12.9 Å². The highest BCUT2D eigenvalue weighted by molar-refractivity contribution is 7.98. The zero-order valence-corrected chi connectivity index (χ0v) is 11.7. The van der Waals surface area contributed by atoms with E-state index in [0.29, 0.717) is 29.1 Å². The van der Waals surface area contributed by atoms with E-state index >= 15 is 0 Å². The molecule has 0 saturated carbocycles. The summed E-state index contributed by atoms with van der Waals surface area (Å²) in [6.45, 7) is 4.18. The Kier molecular flexibility index (Phi) is 6.14. The van der Waals surface area contributed by atoms with Crippen LogP contribution in [0.2, 0.25) is 0 Å². The third-order valence-corrected chi connectivity index (χ3v) is 3.18. The second-order valence-electron chi connectivity index (χ2n) is 4.35. The largest absolute Gasteiger partial charge is 0.468 e. The fourth-order valence-corrected chi connectivity index (χ4v) is 2.09. The van der Waals surface area contributed by atoms with Crippen molar-refractivity contribution in [3.63, 3.8) is 0 Å². The van der Waals surface area contributed by atoms with Gasteiger partial charge in [0, 0.05) is 12.2 Å². The minimum absolute atomic E-state index is 0.406. The summed E-state index contributed by atoms with van der Waals surface area (Å²) >= 11 is 1.48. The number of ether oxygens (including phenoxy) is 1. The number of carbonyl (C=O) groups excluding carboxylic acids is 1. The third kappa shape index (κ3) is 5.05. The van der Waals surface area contributed by atoms with Crippen molar-refractivity contribution in [1.29, 1.82) is 0 Å². The summed E-state index contributed by atoms with van der Waals surface area (Å²) in [4.78, 5) is 15.3. The third-order valence-electron chi connectivity index (χ3n) is 2.13. The van der Waals surface area contributed by atoms with Crippen molar-refractivity contribution in [2.45, 2.75) is 32.1 Å². The number of thioether (sulfide) groups is 1. The maximum atomic E-state index is 11.1. The van der Waals surface area contributed by atoms with Crippen LogP contribution in [0.1, 0.15) is 25.6 Å². The number of esters is 1. The molecule has 1 heterocycles. The Bertz CT molecular complexity index is 381. The van der Waals surface area contributed by atoms with Crippen LogP contribution in [-0.2, 0) is 21.7 Å². The van der Waals surface area contributed by atoms with E-state index in [-0.39, 0.29) is 0 Å². The Balaban J connectivity index is 2.31. The van der Waals surface area contributed by atoms with Crippen molar-refractivity contribution in [3.8, 4) is 0 Å². The molecule has 0 aliphatic carbocycles. The van der Waals surface area contributed by atoms with E-state index in [1.807, 2.05) is 0 Å². The lowest BCUT2D eigenvalue weighted by Crippen LogP contribution is -2.33. The summed E-state index contributed by atoms with van der Waals surface area (Å²) in [5.74, 6) is 2.41. The van der Waals surface area contributed by atoms with Gasteiger partial charge in [-0.1, -0.05) is 19.0 Å².